The molecule has 1 saturated heterocycles. The van der Waals surface area contributed by atoms with E-state index in [1.54, 1.807) is 0 Å². The maximum atomic E-state index is 12.3. The van der Waals surface area contributed by atoms with E-state index < -0.39 is 0 Å². The van der Waals surface area contributed by atoms with Gasteiger partial charge in [-0.25, -0.2) is 0 Å². The summed E-state index contributed by atoms with van der Waals surface area (Å²) in [6.45, 7) is 5.09. The molecule has 1 aromatic rings. The van der Waals surface area contributed by atoms with Crippen molar-refractivity contribution in [1.29, 1.82) is 0 Å². The SMILES string of the molecule is CCCCCNC(=O)C1CC1C(=O)Nc1ccc(N2CCCC2)cc1. The van der Waals surface area contributed by atoms with Crippen molar-refractivity contribution in [3.63, 3.8) is 0 Å². The Morgan fingerprint density at radius 1 is 1.04 bits per heavy atom. The summed E-state index contributed by atoms with van der Waals surface area (Å²) in [7, 11) is 0. The normalized spacial score (nSPS) is 21.9. The highest BCUT2D eigenvalue weighted by Gasteiger charge is 2.47. The summed E-state index contributed by atoms with van der Waals surface area (Å²) in [5, 5.41) is 5.89. The zero-order valence-electron chi connectivity index (χ0n) is 15.1. The summed E-state index contributed by atoms with van der Waals surface area (Å²) >= 11 is 0. The Bertz CT molecular complexity index is 593. The highest BCUT2D eigenvalue weighted by atomic mass is 16.2. The maximum Gasteiger partial charge on any atom is 0.228 e. The minimum Gasteiger partial charge on any atom is -0.372 e. The molecule has 2 N–H and O–H groups in total. The Labute approximate surface area is 150 Å². The van der Waals surface area contributed by atoms with Crippen molar-refractivity contribution in [3.05, 3.63) is 24.3 Å². The fourth-order valence-corrected chi connectivity index (χ4v) is 3.46. The third kappa shape index (κ3) is 4.74. The molecule has 2 fully saturated rings. The van der Waals surface area contributed by atoms with Crippen LogP contribution >= 0.6 is 0 Å². The van der Waals surface area contributed by atoms with E-state index in [-0.39, 0.29) is 23.7 Å². The largest absolute Gasteiger partial charge is 0.372 e. The molecule has 1 heterocycles. The molecular formula is C20H29N3O2. The molecular weight excluding hydrogens is 314 g/mol. The number of carbonyl (C=O) groups excluding carboxylic acids is 2. The first-order chi connectivity index (χ1) is 12.2. The lowest BCUT2D eigenvalue weighted by molar-refractivity contribution is -0.125. The Kier molecular flexibility index (Phi) is 5.95. The average molecular weight is 343 g/mol. The third-order valence-corrected chi connectivity index (χ3v) is 5.15. The van der Waals surface area contributed by atoms with Crippen LogP contribution in [0.1, 0.15) is 45.4 Å². The number of anilines is 2. The Morgan fingerprint density at radius 2 is 1.72 bits per heavy atom. The Hall–Kier alpha value is -2.04. The molecule has 2 atom stereocenters. The molecule has 5 heteroatoms. The van der Waals surface area contributed by atoms with Gasteiger partial charge in [-0.15, -0.1) is 0 Å². The number of nitrogens with one attached hydrogen (secondary N) is 2. The molecule has 2 amide bonds. The molecule has 3 rings (SSSR count). The van der Waals surface area contributed by atoms with Crippen LogP contribution in [-0.4, -0.2) is 31.4 Å². The molecule has 2 aliphatic rings. The number of benzene rings is 1. The fourth-order valence-electron chi connectivity index (χ4n) is 3.46. The first-order valence-corrected chi connectivity index (χ1v) is 9.62. The molecule has 136 valence electrons. The summed E-state index contributed by atoms with van der Waals surface area (Å²) in [6.07, 6.45) is 6.44. The van der Waals surface area contributed by atoms with Crippen LogP contribution in [0.25, 0.3) is 0 Å². The van der Waals surface area contributed by atoms with Crippen molar-refractivity contribution in [3.8, 4) is 0 Å². The van der Waals surface area contributed by atoms with Crippen LogP contribution in [0.4, 0.5) is 11.4 Å². The van der Waals surface area contributed by atoms with E-state index in [9.17, 15) is 9.59 Å². The number of nitrogens with zero attached hydrogens (tertiary/aromatic N) is 1. The van der Waals surface area contributed by atoms with Crippen molar-refractivity contribution in [1.82, 2.24) is 5.32 Å². The zero-order valence-corrected chi connectivity index (χ0v) is 15.1. The van der Waals surface area contributed by atoms with Crippen LogP contribution in [0.3, 0.4) is 0 Å². The summed E-state index contributed by atoms with van der Waals surface area (Å²) < 4.78 is 0. The van der Waals surface area contributed by atoms with Gasteiger partial charge < -0.3 is 15.5 Å². The molecule has 5 nitrogen and oxygen atoms in total. The standard InChI is InChI=1S/C20H29N3O2/c1-2-3-4-11-21-19(24)17-14-18(17)20(25)22-15-7-9-16(10-8-15)23-12-5-6-13-23/h7-10,17-18H,2-6,11-14H2,1H3,(H,21,24)(H,22,25). The quantitative estimate of drug-likeness (QED) is 0.713. The number of hydrogen-bond donors (Lipinski definition) is 2. The highest BCUT2D eigenvalue weighted by molar-refractivity contribution is 5.99. The summed E-state index contributed by atoms with van der Waals surface area (Å²) in [5.74, 6) is -0.335. The molecule has 25 heavy (non-hydrogen) atoms. The molecule has 1 saturated carbocycles. The van der Waals surface area contributed by atoms with Gasteiger partial charge in [0.05, 0.1) is 11.8 Å². The van der Waals surface area contributed by atoms with Crippen molar-refractivity contribution in [2.24, 2.45) is 11.8 Å². The fraction of sp³-hybridized carbons (Fsp3) is 0.600. The summed E-state index contributed by atoms with van der Waals surface area (Å²) in [5.41, 5.74) is 2.02. The van der Waals surface area contributed by atoms with E-state index in [0.717, 1.165) is 44.6 Å². The maximum absolute atomic E-state index is 12.3. The van der Waals surface area contributed by atoms with Crippen LogP contribution in [0.15, 0.2) is 24.3 Å². The molecule has 0 bridgehead atoms. The number of hydrogen-bond acceptors (Lipinski definition) is 3. The van der Waals surface area contributed by atoms with Crippen molar-refractivity contribution in [2.45, 2.75) is 45.4 Å². The van der Waals surface area contributed by atoms with Gasteiger partial charge in [0.2, 0.25) is 11.8 Å². The van der Waals surface area contributed by atoms with Crippen LogP contribution in [0, 0.1) is 11.8 Å². The second-order valence-corrected chi connectivity index (χ2v) is 7.18. The van der Waals surface area contributed by atoms with Gasteiger partial charge >= 0.3 is 0 Å². The van der Waals surface area contributed by atoms with Crippen molar-refractivity contribution >= 4 is 23.2 Å². The number of amides is 2. The third-order valence-electron chi connectivity index (χ3n) is 5.15. The van der Waals surface area contributed by atoms with Crippen LogP contribution in [0.2, 0.25) is 0 Å². The predicted octanol–water partition coefficient (Wildman–Crippen LogP) is 3.17. The van der Waals surface area contributed by atoms with Gasteiger partial charge in [-0.2, -0.15) is 0 Å². The van der Waals surface area contributed by atoms with E-state index in [0.29, 0.717) is 6.42 Å². The van der Waals surface area contributed by atoms with Crippen LogP contribution < -0.4 is 15.5 Å². The first-order valence-electron chi connectivity index (χ1n) is 9.62. The van der Waals surface area contributed by atoms with Gasteiger partial charge in [-0.3, -0.25) is 9.59 Å². The minimum atomic E-state index is -0.176. The van der Waals surface area contributed by atoms with Crippen LogP contribution in [0.5, 0.6) is 0 Å². The number of rotatable bonds is 8. The lowest BCUT2D eigenvalue weighted by Gasteiger charge is -2.17. The Balaban J connectivity index is 1.43. The van der Waals surface area contributed by atoms with E-state index in [1.807, 2.05) is 12.1 Å². The Morgan fingerprint density at radius 3 is 2.40 bits per heavy atom. The van der Waals surface area contributed by atoms with E-state index >= 15 is 0 Å². The summed E-state index contributed by atoms with van der Waals surface area (Å²) in [6, 6.07) is 8.03. The van der Waals surface area contributed by atoms with Gasteiger partial charge in [0, 0.05) is 31.0 Å². The van der Waals surface area contributed by atoms with Crippen molar-refractivity contribution in [2.75, 3.05) is 29.9 Å². The second kappa shape index (κ2) is 8.37. The minimum absolute atomic E-state index is 0.0284. The average Bonchev–Trinajstić information content (AvgIpc) is 3.25. The topological polar surface area (TPSA) is 61.4 Å². The lowest BCUT2D eigenvalue weighted by Crippen LogP contribution is -2.28. The molecule has 2 unspecified atom stereocenters. The highest BCUT2D eigenvalue weighted by Crippen LogP contribution is 2.39. The van der Waals surface area contributed by atoms with Crippen LogP contribution in [-0.2, 0) is 9.59 Å². The van der Waals surface area contributed by atoms with Gasteiger partial charge in [-0.05, 0) is 49.9 Å². The molecule has 1 aliphatic carbocycles. The molecule has 1 aliphatic heterocycles. The molecule has 0 radical (unpaired) electrons. The molecule has 0 spiro atoms. The van der Waals surface area contributed by atoms with Gasteiger partial charge in [0.15, 0.2) is 0 Å². The second-order valence-electron chi connectivity index (χ2n) is 7.18. The smallest absolute Gasteiger partial charge is 0.228 e. The number of unbranched alkanes of at least 4 members (excludes halogenated alkanes) is 2. The lowest BCUT2D eigenvalue weighted by atomic mass is 10.2. The molecule has 1 aromatic carbocycles. The van der Waals surface area contributed by atoms with E-state index in [1.165, 1.54) is 18.5 Å². The zero-order chi connectivity index (χ0) is 17.6. The van der Waals surface area contributed by atoms with E-state index in [2.05, 4.69) is 34.6 Å². The predicted molar refractivity (Wildman–Crippen MR) is 101 cm³/mol. The van der Waals surface area contributed by atoms with Gasteiger partial charge in [0.25, 0.3) is 0 Å². The van der Waals surface area contributed by atoms with Crippen molar-refractivity contribution < 1.29 is 9.59 Å². The summed E-state index contributed by atoms with van der Waals surface area (Å²) in [4.78, 5) is 26.7. The molecule has 0 aromatic heterocycles. The van der Waals surface area contributed by atoms with Gasteiger partial charge in [0.1, 0.15) is 0 Å². The monoisotopic (exact) mass is 343 g/mol. The van der Waals surface area contributed by atoms with E-state index in [4.69, 9.17) is 0 Å². The number of carbonyl (C=O) groups is 2. The van der Waals surface area contributed by atoms with Gasteiger partial charge in [-0.1, -0.05) is 19.8 Å². The first kappa shape index (κ1) is 17.8.